The molecule has 2 saturated heterocycles. The Morgan fingerprint density at radius 1 is 1.44 bits per heavy atom. The number of hydrogen-bond acceptors (Lipinski definition) is 4. The summed E-state index contributed by atoms with van der Waals surface area (Å²) in [4.78, 5) is 13.7. The monoisotopic (exact) mass is 229 g/mol. The number of carbonyl (C=O) groups excluding carboxylic acids is 1. The lowest BCUT2D eigenvalue weighted by Crippen LogP contribution is -2.53. The zero-order valence-electron chi connectivity index (χ0n) is 9.90. The van der Waals surface area contributed by atoms with Gasteiger partial charge in [0.1, 0.15) is 6.10 Å². The van der Waals surface area contributed by atoms with Crippen molar-refractivity contribution in [3.8, 4) is 0 Å². The Labute approximate surface area is 95.6 Å². The third-order valence-electron chi connectivity index (χ3n) is 3.24. The molecular weight excluding hydrogens is 210 g/mol. The summed E-state index contributed by atoms with van der Waals surface area (Å²) >= 11 is 0. The van der Waals surface area contributed by atoms with E-state index >= 15 is 0 Å². The van der Waals surface area contributed by atoms with E-state index in [9.17, 15) is 4.79 Å². The molecule has 0 aromatic heterocycles. The maximum absolute atomic E-state index is 12.0. The quantitative estimate of drug-likeness (QED) is 0.687. The molecular formula is C11H19NO4. The van der Waals surface area contributed by atoms with Crippen molar-refractivity contribution in [3.63, 3.8) is 0 Å². The summed E-state index contributed by atoms with van der Waals surface area (Å²) in [5.41, 5.74) is 0. The van der Waals surface area contributed by atoms with Crippen LogP contribution in [0.25, 0.3) is 0 Å². The summed E-state index contributed by atoms with van der Waals surface area (Å²) in [6, 6.07) is 0. The summed E-state index contributed by atoms with van der Waals surface area (Å²) in [5, 5.41) is 0. The van der Waals surface area contributed by atoms with Crippen LogP contribution in [0.4, 0.5) is 0 Å². The number of piperidine rings is 1. The van der Waals surface area contributed by atoms with Crippen molar-refractivity contribution in [3.05, 3.63) is 0 Å². The van der Waals surface area contributed by atoms with Crippen LogP contribution >= 0.6 is 0 Å². The van der Waals surface area contributed by atoms with Crippen molar-refractivity contribution in [2.24, 2.45) is 0 Å². The molecule has 0 aromatic carbocycles. The highest BCUT2D eigenvalue weighted by atomic mass is 16.7. The molecule has 2 fully saturated rings. The van der Waals surface area contributed by atoms with Crippen LogP contribution in [0.3, 0.4) is 0 Å². The minimum atomic E-state index is -0.540. The Bertz CT molecular complexity index is 263. The number of likely N-dealkylation sites (tertiary alicyclic amines) is 1. The van der Waals surface area contributed by atoms with E-state index < -0.39 is 11.9 Å². The van der Waals surface area contributed by atoms with Crippen molar-refractivity contribution in [1.29, 1.82) is 0 Å². The average Bonchev–Trinajstić information content (AvgIpc) is 2.75. The molecule has 2 heterocycles. The van der Waals surface area contributed by atoms with Crippen LogP contribution in [0.15, 0.2) is 0 Å². The standard InChI is InChI=1S/C11H19NO4/c1-9(14-2)10(13)12-5-3-4-11(8-12)15-6-7-16-11/h9H,3-8H2,1-2H3. The number of carbonyl (C=O) groups is 1. The second kappa shape index (κ2) is 4.69. The van der Waals surface area contributed by atoms with Gasteiger partial charge in [-0.05, 0) is 13.3 Å². The minimum absolute atomic E-state index is 0.0145. The van der Waals surface area contributed by atoms with Crippen LogP contribution in [-0.2, 0) is 19.0 Å². The van der Waals surface area contributed by atoms with Crippen molar-refractivity contribution >= 4 is 5.91 Å². The molecule has 5 heteroatoms. The number of nitrogens with zero attached hydrogens (tertiary/aromatic N) is 1. The Morgan fingerprint density at radius 3 is 2.75 bits per heavy atom. The fourth-order valence-electron chi connectivity index (χ4n) is 2.27. The van der Waals surface area contributed by atoms with E-state index in [0.29, 0.717) is 19.8 Å². The van der Waals surface area contributed by atoms with E-state index in [0.717, 1.165) is 19.4 Å². The molecule has 0 saturated carbocycles. The van der Waals surface area contributed by atoms with Crippen LogP contribution < -0.4 is 0 Å². The predicted octanol–water partition coefficient (Wildman–Crippen LogP) is 0.387. The fourth-order valence-corrected chi connectivity index (χ4v) is 2.27. The van der Waals surface area contributed by atoms with E-state index in [-0.39, 0.29) is 5.91 Å². The van der Waals surface area contributed by atoms with Crippen LogP contribution in [0.5, 0.6) is 0 Å². The van der Waals surface area contributed by atoms with Crippen molar-refractivity contribution in [1.82, 2.24) is 4.90 Å². The number of rotatable bonds is 2. The highest BCUT2D eigenvalue weighted by Gasteiger charge is 2.42. The van der Waals surface area contributed by atoms with Gasteiger partial charge < -0.3 is 19.1 Å². The molecule has 1 unspecified atom stereocenters. The fraction of sp³-hybridized carbons (Fsp3) is 0.909. The molecule has 0 bridgehead atoms. The van der Waals surface area contributed by atoms with Gasteiger partial charge in [0.15, 0.2) is 5.79 Å². The van der Waals surface area contributed by atoms with Gasteiger partial charge in [-0.25, -0.2) is 0 Å². The largest absolute Gasteiger partial charge is 0.372 e. The Kier molecular flexibility index (Phi) is 3.47. The average molecular weight is 229 g/mol. The summed E-state index contributed by atoms with van der Waals surface area (Å²) in [7, 11) is 1.55. The van der Waals surface area contributed by atoms with Crippen molar-refractivity contribution in [2.45, 2.75) is 31.7 Å². The highest BCUT2D eigenvalue weighted by molar-refractivity contribution is 5.80. The first-order valence-corrected chi connectivity index (χ1v) is 5.76. The first kappa shape index (κ1) is 11.8. The summed E-state index contributed by atoms with van der Waals surface area (Å²) in [5.74, 6) is -0.526. The van der Waals surface area contributed by atoms with E-state index in [2.05, 4.69) is 0 Å². The topological polar surface area (TPSA) is 48.0 Å². The molecule has 0 aromatic rings. The lowest BCUT2D eigenvalue weighted by Gasteiger charge is -2.39. The molecule has 2 rings (SSSR count). The number of amides is 1. The second-order valence-electron chi connectivity index (χ2n) is 4.35. The van der Waals surface area contributed by atoms with E-state index in [1.807, 2.05) is 0 Å². The van der Waals surface area contributed by atoms with Gasteiger partial charge >= 0.3 is 0 Å². The number of hydrogen-bond donors (Lipinski definition) is 0. The zero-order valence-corrected chi connectivity index (χ0v) is 9.90. The lowest BCUT2D eigenvalue weighted by molar-refractivity contribution is -0.195. The van der Waals surface area contributed by atoms with Crippen LogP contribution in [0.1, 0.15) is 19.8 Å². The Balaban J connectivity index is 1.98. The van der Waals surface area contributed by atoms with Gasteiger partial charge in [-0.3, -0.25) is 4.79 Å². The molecule has 0 aliphatic carbocycles. The molecule has 1 spiro atoms. The first-order chi connectivity index (χ1) is 7.67. The SMILES string of the molecule is COC(C)C(=O)N1CCCC2(C1)OCCO2. The first-order valence-electron chi connectivity index (χ1n) is 5.76. The molecule has 2 aliphatic rings. The molecule has 0 radical (unpaired) electrons. The predicted molar refractivity (Wildman–Crippen MR) is 56.9 cm³/mol. The molecule has 16 heavy (non-hydrogen) atoms. The van der Waals surface area contributed by atoms with Crippen LogP contribution in [0.2, 0.25) is 0 Å². The molecule has 5 nitrogen and oxygen atoms in total. The number of ether oxygens (including phenoxy) is 3. The van der Waals surface area contributed by atoms with Gasteiger partial charge in [-0.2, -0.15) is 0 Å². The molecule has 0 N–H and O–H groups in total. The Hall–Kier alpha value is -0.650. The normalized spacial score (nSPS) is 26.0. The molecule has 1 amide bonds. The van der Waals surface area contributed by atoms with E-state index in [1.54, 1.807) is 18.9 Å². The lowest BCUT2D eigenvalue weighted by atomic mass is 10.0. The summed E-state index contributed by atoms with van der Waals surface area (Å²) < 4.78 is 16.3. The number of methoxy groups -OCH3 is 1. The van der Waals surface area contributed by atoms with E-state index in [1.165, 1.54) is 0 Å². The maximum Gasteiger partial charge on any atom is 0.251 e. The molecule has 2 aliphatic heterocycles. The van der Waals surface area contributed by atoms with Crippen LogP contribution in [0, 0.1) is 0 Å². The third kappa shape index (κ3) is 2.21. The Morgan fingerprint density at radius 2 is 2.12 bits per heavy atom. The zero-order chi connectivity index (χ0) is 11.6. The van der Waals surface area contributed by atoms with Gasteiger partial charge in [0.05, 0.1) is 19.8 Å². The van der Waals surface area contributed by atoms with Gasteiger partial charge in [0, 0.05) is 20.1 Å². The van der Waals surface area contributed by atoms with Gasteiger partial charge in [-0.15, -0.1) is 0 Å². The van der Waals surface area contributed by atoms with Gasteiger partial charge in [-0.1, -0.05) is 0 Å². The molecule has 92 valence electrons. The minimum Gasteiger partial charge on any atom is -0.372 e. The smallest absolute Gasteiger partial charge is 0.251 e. The maximum atomic E-state index is 12.0. The summed E-state index contributed by atoms with van der Waals surface area (Å²) in [6.45, 7) is 4.31. The van der Waals surface area contributed by atoms with Crippen molar-refractivity contribution < 1.29 is 19.0 Å². The molecule has 1 atom stereocenters. The third-order valence-corrected chi connectivity index (χ3v) is 3.24. The van der Waals surface area contributed by atoms with E-state index in [4.69, 9.17) is 14.2 Å². The van der Waals surface area contributed by atoms with Crippen molar-refractivity contribution in [2.75, 3.05) is 33.4 Å². The van der Waals surface area contributed by atoms with Crippen LogP contribution in [-0.4, -0.2) is 56.1 Å². The second-order valence-corrected chi connectivity index (χ2v) is 4.35. The highest BCUT2D eigenvalue weighted by Crippen LogP contribution is 2.30. The van der Waals surface area contributed by atoms with Gasteiger partial charge in [0.2, 0.25) is 0 Å². The van der Waals surface area contributed by atoms with Gasteiger partial charge in [0.25, 0.3) is 5.91 Å². The summed E-state index contributed by atoms with van der Waals surface area (Å²) in [6.07, 6.45) is 1.40.